The van der Waals surface area contributed by atoms with Gasteiger partial charge < -0.3 is 10.6 Å². The summed E-state index contributed by atoms with van der Waals surface area (Å²) in [4.78, 5) is 16.5. The maximum absolute atomic E-state index is 12.1. The first kappa shape index (κ1) is 17.7. The molecule has 1 aliphatic heterocycles. The van der Waals surface area contributed by atoms with Crippen LogP contribution in [0.4, 0.5) is 5.69 Å². The molecule has 1 aliphatic rings. The second-order valence-electron chi connectivity index (χ2n) is 4.97. The number of hydrogen-bond acceptors (Lipinski definition) is 3. The van der Waals surface area contributed by atoms with Crippen molar-refractivity contribution in [3.05, 3.63) is 36.0 Å². The number of carbonyl (C=O) groups is 1. The van der Waals surface area contributed by atoms with Gasteiger partial charge in [-0.15, -0.1) is 24.8 Å². The van der Waals surface area contributed by atoms with E-state index in [1.165, 1.54) is 0 Å². The fraction of sp³-hybridized carbons (Fsp3) is 0.333. The summed E-state index contributed by atoms with van der Waals surface area (Å²) in [7, 11) is 0. The molecule has 114 valence electrons. The maximum atomic E-state index is 12.1. The van der Waals surface area contributed by atoms with Gasteiger partial charge in [0, 0.05) is 11.6 Å². The van der Waals surface area contributed by atoms with Gasteiger partial charge in [-0.2, -0.15) is 0 Å². The molecule has 1 saturated heterocycles. The molecule has 6 heteroatoms. The third-order valence-corrected chi connectivity index (χ3v) is 3.61. The number of anilines is 1. The number of benzene rings is 1. The zero-order chi connectivity index (χ0) is 13.2. The van der Waals surface area contributed by atoms with Gasteiger partial charge in [-0.3, -0.25) is 9.78 Å². The number of amides is 1. The average Bonchev–Trinajstić information content (AvgIpc) is 2.96. The number of aromatic nitrogens is 1. The van der Waals surface area contributed by atoms with Gasteiger partial charge in [-0.25, -0.2) is 0 Å². The number of nitrogens with zero attached hydrogens (tertiary/aromatic N) is 1. The molecule has 21 heavy (non-hydrogen) atoms. The molecule has 0 saturated carbocycles. The first-order chi connectivity index (χ1) is 9.25. The van der Waals surface area contributed by atoms with Gasteiger partial charge in [0.15, 0.2) is 0 Å². The van der Waals surface area contributed by atoms with E-state index in [4.69, 9.17) is 0 Å². The predicted octanol–water partition coefficient (Wildman–Crippen LogP) is 3.08. The van der Waals surface area contributed by atoms with Crippen molar-refractivity contribution in [2.45, 2.75) is 25.8 Å². The highest BCUT2D eigenvalue weighted by Gasteiger charge is 2.22. The van der Waals surface area contributed by atoms with E-state index in [2.05, 4.69) is 15.6 Å². The van der Waals surface area contributed by atoms with Crippen LogP contribution in [0.1, 0.15) is 18.4 Å². The van der Waals surface area contributed by atoms with Crippen molar-refractivity contribution >= 4 is 47.3 Å². The van der Waals surface area contributed by atoms with Crippen LogP contribution in [0, 0.1) is 6.92 Å². The van der Waals surface area contributed by atoms with E-state index in [1.807, 2.05) is 31.2 Å². The Morgan fingerprint density at radius 1 is 1.33 bits per heavy atom. The van der Waals surface area contributed by atoms with Crippen molar-refractivity contribution in [3.63, 3.8) is 0 Å². The molecule has 2 aromatic rings. The largest absolute Gasteiger partial charge is 0.324 e. The smallest absolute Gasteiger partial charge is 0.241 e. The molecule has 0 spiro atoms. The van der Waals surface area contributed by atoms with E-state index < -0.39 is 0 Å². The molecule has 2 N–H and O–H groups in total. The Labute approximate surface area is 136 Å². The number of aryl methyl sites for hydroxylation is 1. The zero-order valence-electron chi connectivity index (χ0n) is 11.8. The highest BCUT2D eigenvalue weighted by molar-refractivity contribution is 6.03. The van der Waals surface area contributed by atoms with Crippen LogP contribution in [-0.2, 0) is 4.79 Å². The van der Waals surface area contributed by atoms with E-state index in [9.17, 15) is 4.79 Å². The van der Waals surface area contributed by atoms with Gasteiger partial charge in [-0.05, 0) is 50.1 Å². The number of nitrogens with one attached hydrogen (secondary N) is 2. The molecule has 0 radical (unpaired) electrons. The van der Waals surface area contributed by atoms with Gasteiger partial charge in [0.05, 0.1) is 17.2 Å². The topological polar surface area (TPSA) is 54.0 Å². The lowest BCUT2D eigenvalue weighted by Crippen LogP contribution is -2.35. The molecular formula is C15H19Cl2N3O. The van der Waals surface area contributed by atoms with Crippen molar-refractivity contribution < 1.29 is 4.79 Å². The van der Waals surface area contributed by atoms with E-state index >= 15 is 0 Å². The molecule has 4 nitrogen and oxygen atoms in total. The Morgan fingerprint density at radius 3 is 2.86 bits per heavy atom. The molecule has 1 amide bonds. The van der Waals surface area contributed by atoms with Crippen LogP contribution in [0.25, 0.3) is 10.9 Å². The molecule has 0 unspecified atom stereocenters. The van der Waals surface area contributed by atoms with Gasteiger partial charge >= 0.3 is 0 Å². The van der Waals surface area contributed by atoms with Crippen LogP contribution < -0.4 is 10.6 Å². The number of halogens is 2. The van der Waals surface area contributed by atoms with Crippen LogP contribution in [0.2, 0.25) is 0 Å². The Morgan fingerprint density at radius 2 is 2.14 bits per heavy atom. The first-order valence-electron chi connectivity index (χ1n) is 6.64. The molecule has 1 aromatic carbocycles. The van der Waals surface area contributed by atoms with Crippen LogP contribution in [-0.4, -0.2) is 23.5 Å². The van der Waals surface area contributed by atoms with Crippen molar-refractivity contribution in [2.24, 2.45) is 0 Å². The third kappa shape index (κ3) is 3.64. The molecular weight excluding hydrogens is 309 g/mol. The van der Waals surface area contributed by atoms with E-state index in [1.54, 1.807) is 6.20 Å². The van der Waals surface area contributed by atoms with E-state index in [-0.39, 0.29) is 36.8 Å². The van der Waals surface area contributed by atoms with E-state index in [0.717, 1.165) is 41.5 Å². The van der Waals surface area contributed by atoms with Crippen molar-refractivity contribution in [2.75, 3.05) is 11.9 Å². The quantitative estimate of drug-likeness (QED) is 0.891. The lowest BCUT2D eigenvalue weighted by molar-refractivity contribution is -0.117. The van der Waals surface area contributed by atoms with Crippen LogP contribution in [0.3, 0.4) is 0 Å². The Balaban J connectivity index is 0.00000110. The SMILES string of the molecule is Cc1ccc(NC(=O)[C@@H]2CCCN2)c2cccnc12.Cl.Cl. The Hall–Kier alpha value is -1.36. The molecule has 3 rings (SSSR count). The van der Waals surface area contributed by atoms with Crippen LogP contribution in [0.15, 0.2) is 30.5 Å². The summed E-state index contributed by atoms with van der Waals surface area (Å²) in [5.41, 5.74) is 2.90. The van der Waals surface area contributed by atoms with Gasteiger partial charge in [0.25, 0.3) is 0 Å². The van der Waals surface area contributed by atoms with Gasteiger partial charge in [-0.1, -0.05) is 6.07 Å². The summed E-state index contributed by atoms with van der Waals surface area (Å²) >= 11 is 0. The first-order valence-corrected chi connectivity index (χ1v) is 6.64. The van der Waals surface area contributed by atoms with Gasteiger partial charge in [0.1, 0.15) is 0 Å². The minimum atomic E-state index is -0.0620. The van der Waals surface area contributed by atoms with Crippen molar-refractivity contribution in [3.8, 4) is 0 Å². The zero-order valence-corrected chi connectivity index (χ0v) is 13.4. The molecule has 1 aromatic heterocycles. The predicted molar refractivity (Wildman–Crippen MR) is 90.6 cm³/mol. The molecule has 0 bridgehead atoms. The fourth-order valence-electron chi connectivity index (χ4n) is 2.55. The summed E-state index contributed by atoms with van der Waals surface area (Å²) in [6.45, 7) is 2.95. The minimum Gasteiger partial charge on any atom is -0.324 e. The Kier molecular flexibility index (Phi) is 6.40. The van der Waals surface area contributed by atoms with Crippen LogP contribution >= 0.6 is 24.8 Å². The number of rotatable bonds is 2. The van der Waals surface area contributed by atoms with Crippen molar-refractivity contribution in [1.82, 2.24) is 10.3 Å². The van der Waals surface area contributed by atoms with E-state index in [0.29, 0.717) is 0 Å². The number of fused-ring (bicyclic) bond motifs is 1. The average molecular weight is 328 g/mol. The molecule has 1 fully saturated rings. The monoisotopic (exact) mass is 327 g/mol. The number of pyridine rings is 1. The third-order valence-electron chi connectivity index (χ3n) is 3.61. The van der Waals surface area contributed by atoms with Gasteiger partial charge in [0.2, 0.25) is 5.91 Å². The van der Waals surface area contributed by atoms with Crippen molar-refractivity contribution in [1.29, 1.82) is 0 Å². The number of hydrogen-bond donors (Lipinski definition) is 2. The maximum Gasteiger partial charge on any atom is 0.241 e. The molecule has 2 heterocycles. The fourth-order valence-corrected chi connectivity index (χ4v) is 2.55. The second-order valence-corrected chi connectivity index (χ2v) is 4.97. The Bertz CT molecular complexity index is 627. The lowest BCUT2D eigenvalue weighted by Gasteiger charge is -2.13. The molecule has 0 aliphatic carbocycles. The normalized spacial score (nSPS) is 16.9. The minimum absolute atomic E-state index is 0. The standard InChI is InChI=1S/C15H17N3O.2ClH/c1-10-6-7-12(11-4-2-9-17-14(10)11)18-15(19)13-5-3-8-16-13;;/h2,4,6-7,9,13,16H,3,5,8H2,1H3,(H,18,19);2*1H/t13-;;/m0../s1. The highest BCUT2D eigenvalue weighted by Crippen LogP contribution is 2.25. The second kappa shape index (κ2) is 7.59. The summed E-state index contributed by atoms with van der Waals surface area (Å²) in [5, 5.41) is 7.22. The highest BCUT2D eigenvalue weighted by atomic mass is 35.5. The molecule has 1 atom stereocenters. The van der Waals surface area contributed by atoms with Crippen LogP contribution in [0.5, 0.6) is 0 Å². The summed E-state index contributed by atoms with van der Waals surface area (Å²) in [6.07, 6.45) is 3.75. The summed E-state index contributed by atoms with van der Waals surface area (Å²) in [6, 6.07) is 7.77. The summed E-state index contributed by atoms with van der Waals surface area (Å²) < 4.78 is 0. The summed E-state index contributed by atoms with van der Waals surface area (Å²) in [5.74, 6) is 0.0477. The number of carbonyl (C=O) groups excluding carboxylic acids is 1. The lowest BCUT2D eigenvalue weighted by atomic mass is 10.1.